The first-order valence-corrected chi connectivity index (χ1v) is 11.2. The van der Waals surface area contributed by atoms with Gasteiger partial charge in [-0.1, -0.05) is 48.5 Å². The zero-order valence-electron chi connectivity index (χ0n) is 18.0. The Hall–Kier alpha value is -4.11. The van der Waals surface area contributed by atoms with Crippen LogP contribution in [-0.2, 0) is 11.3 Å². The summed E-state index contributed by atoms with van der Waals surface area (Å²) < 4.78 is 11.3. The van der Waals surface area contributed by atoms with Crippen LogP contribution in [0.2, 0.25) is 0 Å². The van der Waals surface area contributed by atoms with Crippen LogP contribution in [0.3, 0.4) is 0 Å². The number of ether oxygens (including phenoxy) is 2. The summed E-state index contributed by atoms with van der Waals surface area (Å²) in [7, 11) is 0. The summed E-state index contributed by atoms with van der Waals surface area (Å²) >= 11 is 0.810. The number of nitro groups is 1. The second-order valence-corrected chi connectivity index (χ2v) is 8.23. The molecule has 0 bridgehead atoms. The highest BCUT2D eigenvalue weighted by Gasteiger charge is 2.36. The van der Waals surface area contributed by atoms with Crippen molar-refractivity contribution in [2.75, 3.05) is 13.2 Å². The van der Waals surface area contributed by atoms with E-state index in [0.717, 1.165) is 28.0 Å². The van der Waals surface area contributed by atoms with Crippen molar-refractivity contribution in [2.24, 2.45) is 0 Å². The molecule has 1 aliphatic heterocycles. The number of nitro benzene ring substituents is 1. The average Bonchev–Trinajstić information content (AvgIpc) is 3.11. The first-order chi connectivity index (χ1) is 16.5. The Morgan fingerprint density at radius 3 is 2.15 bits per heavy atom. The van der Waals surface area contributed by atoms with E-state index in [1.54, 1.807) is 42.5 Å². The SMILES string of the molecule is O=C1S/C(=C/c2ccc(OCCOc3ccccc3)cc2)C(=O)N1Cc1ccccc1[N+](=O)[O-]. The predicted octanol–water partition coefficient (Wildman–Crippen LogP) is 5.29. The minimum atomic E-state index is -0.526. The minimum Gasteiger partial charge on any atom is -0.490 e. The van der Waals surface area contributed by atoms with Crippen molar-refractivity contribution in [3.63, 3.8) is 0 Å². The van der Waals surface area contributed by atoms with Gasteiger partial charge in [-0.25, -0.2) is 0 Å². The van der Waals surface area contributed by atoms with Crippen LogP contribution in [-0.4, -0.2) is 34.2 Å². The summed E-state index contributed by atoms with van der Waals surface area (Å²) in [5, 5.41) is 10.8. The van der Waals surface area contributed by atoms with E-state index in [0.29, 0.717) is 24.5 Å². The molecule has 0 aromatic heterocycles. The molecule has 9 heteroatoms. The second-order valence-electron chi connectivity index (χ2n) is 7.23. The van der Waals surface area contributed by atoms with Gasteiger partial charge in [-0.2, -0.15) is 0 Å². The fourth-order valence-corrected chi connectivity index (χ4v) is 4.11. The minimum absolute atomic E-state index is 0.129. The number of benzene rings is 3. The molecule has 1 fully saturated rings. The number of hydrogen-bond acceptors (Lipinski definition) is 7. The van der Waals surface area contributed by atoms with E-state index < -0.39 is 16.1 Å². The molecule has 0 N–H and O–H groups in total. The van der Waals surface area contributed by atoms with Gasteiger partial charge in [0.25, 0.3) is 16.8 Å². The van der Waals surface area contributed by atoms with Crippen LogP contribution >= 0.6 is 11.8 Å². The summed E-state index contributed by atoms with van der Waals surface area (Å²) in [4.78, 5) is 37.1. The van der Waals surface area contributed by atoms with Gasteiger partial charge in [-0.3, -0.25) is 24.6 Å². The Bertz CT molecular complexity index is 1230. The maximum Gasteiger partial charge on any atom is 0.293 e. The van der Waals surface area contributed by atoms with Gasteiger partial charge in [0.1, 0.15) is 24.7 Å². The molecule has 2 amide bonds. The van der Waals surface area contributed by atoms with Crippen LogP contribution in [0, 0.1) is 10.1 Å². The molecule has 0 saturated carbocycles. The topological polar surface area (TPSA) is 99.0 Å². The van der Waals surface area contributed by atoms with Crippen LogP contribution < -0.4 is 9.47 Å². The van der Waals surface area contributed by atoms with Crippen molar-refractivity contribution >= 4 is 34.7 Å². The molecule has 1 aliphatic rings. The summed E-state index contributed by atoms with van der Waals surface area (Å²) in [6, 6.07) is 22.6. The van der Waals surface area contributed by atoms with Crippen LogP contribution in [0.25, 0.3) is 6.08 Å². The number of rotatable bonds is 9. The Kier molecular flexibility index (Phi) is 7.24. The lowest BCUT2D eigenvalue weighted by Gasteiger charge is -2.12. The number of carbonyl (C=O) groups excluding carboxylic acids is 2. The number of hydrogen-bond donors (Lipinski definition) is 0. The van der Waals surface area contributed by atoms with Crippen molar-refractivity contribution < 1.29 is 24.0 Å². The first kappa shape index (κ1) is 23.1. The van der Waals surface area contributed by atoms with Crippen molar-refractivity contribution in [3.8, 4) is 11.5 Å². The average molecular weight is 477 g/mol. The van der Waals surface area contributed by atoms with Gasteiger partial charge in [-0.05, 0) is 47.7 Å². The van der Waals surface area contributed by atoms with Crippen molar-refractivity contribution in [3.05, 3.63) is 105 Å². The van der Waals surface area contributed by atoms with Crippen LogP contribution in [0.15, 0.2) is 83.8 Å². The number of carbonyl (C=O) groups is 2. The molecule has 3 aromatic carbocycles. The van der Waals surface area contributed by atoms with E-state index in [4.69, 9.17) is 9.47 Å². The molecule has 172 valence electrons. The van der Waals surface area contributed by atoms with Gasteiger partial charge < -0.3 is 9.47 Å². The Labute approximate surface area is 199 Å². The first-order valence-electron chi connectivity index (χ1n) is 10.4. The number of para-hydroxylation sites is 2. The molecule has 0 atom stereocenters. The van der Waals surface area contributed by atoms with Crippen LogP contribution in [0.1, 0.15) is 11.1 Å². The maximum atomic E-state index is 12.8. The Balaban J connectivity index is 1.35. The summed E-state index contributed by atoms with van der Waals surface area (Å²) in [6.07, 6.45) is 1.62. The Morgan fingerprint density at radius 2 is 1.47 bits per heavy atom. The smallest absolute Gasteiger partial charge is 0.293 e. The van der Waals surface area contributed by atoms with Crippen LogP contribution in [0.5, 0.6) is 11.5 Å². The molecule has 34 heavy (non-hydrogen) atoms. The molecule has 1 saturated heterocycles. The van der Waals surface area contributed by atoms with Gasteiger partial charge in [0.15, 0.2) is 0 Å². The molecule has 0 aliphatic carbocycles. The molecule has 8 nitrogen and oxygen atoms in total. The third kappa shape index (κ3) is 5.62. The molecule has 0 spiro atoms. The summed E-state index contributed by atoms with van der Waals surface area (Å²) in [5.74, 6) is 0.946. The Morgan fingerprint density at radius 1 is 0.853 bits per heavy atom. The van der Waals surface area contributed by atoms with Crippen molar-refractivity contribution in [2.45, 2.75) is 6.54 Å². The summed E-state index contributed by atoms with van der Waals surface area (Å²) in [6.45, 7) is 0.619. The third-order valence-corrected chi connectivity index (χ3v) is 5.84. The fourth-order valence-electron chi connectivity index (χ4n) is 3.28. The molecule has 0 unspecified atom stereocenters. The molecule has 4 rings (SSSR count). The highest BCUT2D eigenvalue weighted by molar-refractivity contribution is 8.18. The van der Waals surface area contributed by atoms with E-state index >= 15 is 0 Å². The second kappa shape index (κ2) is 10.7. The lowest BCUT2D eigenvalue weighted by atomic mass is 10.1. The number of amides is 2. The van der Waals surface area contributed by atoms with Gasteiger partial charge >= 0.3 is 0 Å². The zero-order valence-corrected chi connectivity index (χ0v) is 18.8. The van der Waals surface area contributed by atoms with Gasteiger partial charge in [0.2, 0.25) is 0 Å². The maximum absolute atomic E-state index is 12.8. The fraction of sp³-hybridized carbons (Fsp3) is 0.120. The predicted molar refractivity (Wildman–Crippen MR) is 128 cm³/mol. The highest BCUT2D eigenvalue weighted by Crippen LogP contribution is 2.34. The third-order valence-electron chi connectivity index (χ3n) is 4.93. The quantitative estimate of drug-likeness (QED) is 0.179. The van der Waals surface area contributed by atoms with E-state index in [2.05, 4.69) is 0 Å². The molecule has 1 heterocycles. The van der Waals surface area contributed by atoms with Gasteiger partial charge in [0, 0.05) is 11.6 Å². The van der Waals surface area contributed by atoms with Crippen LogP contribution in [0.4, 0.5) is 10.5 Å². The molecular weight excluding hydrogens is 456 g/mol. The number of thioether (sulfide) groups is 1. The largest absolute Gasteiger partial charge is 0.490 e. The zero-order chi connectivity index (χ0) is 23.9. The normalized spacial score (nSPS) is 14.5. The van der Waals surface area contributed by atoms with E-state index in [9.17, 15) is 19.7 Å². The molecule has 0 radical (unpaired) electrons. The lowest BCUT2D eigenvalue weighted by molar-refractivity contribution is -0.385. The van der Waals surface area contributed by atoms with Crippen molar-refractivity contribution in [1.29, 1.82) is 0 Å². The molecule has 3 aromatic rings. The highest BCUT2D eigenvalue weighted by atomic mass is 32.2. The van der Waals surface area contributed by atoms with E-state index in [1.165, 1.54) is 12.1 Å². The summed E-state index contributed by atoms with van der Waals surface area (Å²) in [5.41, 5.74) is 0.896. The standard InChI is InChI=1S/C25H20N2O6S/c28-24-23(34-25(29)26(24)17-19-6-4-5-9-22(19)27(30)31)16-18-10-12-21(13-11-18)33-15-14-32-20-7-2-1-3-8-20/h1-13,16H,14-15,17H2/b23-16+. The molecular formula is C25H20N2O6S. The monoisotopic (exact) mass is 476 g/mol. The van der Waals surface area contributed by atoms with Crippen molar-refractivity contribution in [1.82, 2.24) is 4.90 Å². The van der Waals surface area contributed by atoms with Gasteiger partial charge in [-0.15, -0.1) is 0 Å². The van der Waals surface area contributed by atoms with Gasteiger partial charge in [0.05, 0.1) is 16.4 Å². The number of nitrogens with zero attached hydrogens (tertiary/aromatic N) is 2. The van der Waals surface area contributed by atoms with E-state index in [-0.39, 0.29) is 17.1 Å². The lowest BCUT2D eigenvalue weighted by Crippen LogP contribution is -2.27. The number of imide groups is 1. The van der Waals surface area contributed by atoms with E-state index in [1.807, 2.05) is 30.3 Å².